The zero-order chi connectivity index (χ0) is 15.6. The third-order valence-electron chi connectivity index (χ3n) is 2.74. The summed E-state index contributed by atoms with van der Waals surface area (Å²) < 4.78 is 57.9. The number of halogens is 5. The summed E-state index contributed by atoms with van der Waals surface area (Å²) in [5.74, 6) is -6.32. The van der Waals surface area contributed by atoms with Crippen LogP contribution < -0.4 is 10.1 Å². The monoisotopic (exact) mass is 320 g/mol. The number of pyridine rings is 1. The molecule has 0 radical (unpaired) electrons. The first-order valence-corrected chi connectivity index (χ1v) is 6.08. The fraction of sp³-hybridized carbons (Fsp3) is 0.154. The van der Waals surface area contributed by atoms with E-state index in [9.17, 15) is 17.6 Å². The molecule has 0 aliphatic rings. The summed E-state index contributed by atoms with van der Waals surface area (Å²) in [6.45, 7) is -0.195. The number of benzene rings is 1. The molecular weight excluding hydrogens is 312 g/mol. The number of hydrogen-bond acceptors (Lipinski definition) is 3. The fourth-order valence-corrected chi connectivity index (χ4v) is 1.95. The minimum Gasteiger partial charge on any atom is -0.496 e. The lowest BCUT2D eigenvalue weighted by molar-refractivity contribution is 0.407. The van der Waals surface area contributed by atoms with Gasteiger partial charge in [-0.3, -0.25) is 0 Å². The lowest BCUT2D eigenvalue weighted by atomic mass is 10.2. The minimum atomic E-state index is -1.73. The predicted molar refractivity (Wildman–Crippen MR) is 69.4 cm³/mol. The Bertz CT molecular complexity index is 655. The summed E-state index contributed by atoms with van der Waals surface area (Å²) in [4.78, 5) is 2.47. The van der Waals surface area contributed by atoms with E-state index in [-0.39, 0.29) is 11.6 Å². The Kier molecular flexibility index (Phi) is 4.52. The van der Waals surface area contributed by atoms with Gasteiger partial charge in [-0.2, -0.15) is 22.5 Å². The predicted octanol–water partition coefficient (Wildman–Crippen LogP) is 3.91. The van der Waals surface area contributed by atoms with Gasteiger partial charge in [0, 0.05) is 17.1 Å². The molecule has 0 spiro atoms. The lowest BCUT2D eigenvalue weighted by Gasteiger charge is -2.13. The van der Waals surface area contributed by atoms with E-state index in [1.54, 1.807) is 18.2 Å². The van der Waals surface area contributed by atoms with Crippen molar-refractivity contribution in [3.05, 3.63) is 52.3 Å². The molecule has 2 rings (SSSR count). The van der Waals surface area contributed by atoms with E-state index in [1.807, 2.05) is 0 Å². The molecule has 3 nitrogen and oxygen atoms in total. The smallest absolute Gasteiger partial charge is 0.253 e. The molecule has 0 amide bonds. The van der Waals surface area contributed by atoms with E-state index < -0.39 is 29.2 Å². The quantitative estimate of drug-likeness (QED) is 0.685. The third-order valence-corrected chi connectivity index (χ3v) is 3.09. The SMILES string of the molecule is COc1cccc(Cl)c1CNc1c(F)c(F)nc(F)c1F. The maximum absolute atomic E-state index is 13.5. The van der Waals surface area contributed by atoms with Crippen molar-refractivity contribution in [3.63, 3.8) is 0 Å². The molecule has 1 heterocycles. The second-order valence-electron chi connectivity index (χ2n) is 3.97. The Labute approximate surface area is 122 Å². The van der Waals surface area contributed by atoms with Crippen LogP contribution in [0, 0.1) is 23.5 Å². The van der Waals surface area contributed by atoms with Crippen LogP contribution in [0.2, 0.25) is 5.02 Å². The van der Waals surface area contributed by atoms with Crippen LogP contribution in [-0.2, 0) is 6.54 Å². The topological polar surface area (TPSA) is 34.1 Å². The highest BCUT2D eigenvalue weighted by atomic mass is 35.5. The highest BCUT2D eigenvalue weighted by molar-refractivity contribution is 6.31. The van der Waals surface area contributed by atoms with Crippen LogP contribution in [0.25, 0.3) is 0 Å². The highest BCUT2D eigenvalue weighted by Gasteiger charge is 2.21. The molecule has 112 valence electrons. The van der Waals surface area contributed by atoms with Crippen LogP contribution in [0.4, 0.5) is 23.2 Å². The second kappa shape index (κ2) is 6.17. The van der Waals surface area contributed by atoms with E-state index in [0.29, 0.717) is 11.3 Å². The molecule has 0 saturated heterocycles. The fourth-order valence-electron chi connectivity index (χ4n) is 1.72. The molecule has 0 aliphatic heterocycles. The molecular formula is C13H9ClF4N2O. The normalized spacial score (nSPS) is 10.6. The largest absolute Gasteiger partial charge is 0.496 e. The maximum atomic E-state index is 13.5. The van der Waals surface area contributed by atoms with Crippen LogP contribution in [0.15, 0.2) is 18.2 Å². The molecule has 1 aromatic carbocycles. The van der Waals surface area contributed by atoms with Crippen molar-refractivity contribution in [2.75, 3.05) is 12.4 Å². The van der Waals surface area contributed by atoms with Gasteiger partial charge < -0.3 is 10.1 Å². The minimum absolute atomic E-state index is 0.195. The standard InChI is InChI=1S/C13H9ClF4N2O/c1-21-8-4-2-3-7(14)6(8)5-19-11-9(15)12(17)20-13(18)10(11)16/h2-4H,5H2,1H3,(H,19,20). The van der Waals surface area contributed by atoms with Gasteiger partial charge >= 0.3 is 0 Å². The van der Waals surface area contributed by atoms with Gasteiger partial charge in [-0.15, -0.1) is 0 Å². The van der Waals surface area contributed by atoms with Crippen molar-refractivity contribution in [3.8, 4) is 5.75 Å². The van der Waals surface area contributed by atoms with Crippen LogP contribution in [-0.4, -0.2) is 12.1 Å². The van der Waals surface area contributed by atoms with E-state index >= 15 is 0 Å². The molecule has 0 unspecified atom stereocenters. The van der Waals surface area contributed by atoms with E-state index in [1.165, 1.54) is 7.11 Å². The molecule has 0 atom stereocenters. The lowest BCUT2D eigenvalue weighted by Crippen LogP contribution is -2.10. The van der Waals surface area contributed by atoms with E-state index in [4.69, 9.17) is 16.3 Å². The Morgan fingerprint density at radius 3 is 2.33 bits per heavy atom. The molecule has 0 fully saturated rings. The molecule has 0 bridgehead atoms. The number of aromatic nitrogens is 1. The van der Waals surface area contributed by atoms with Crippen LogP contribution in [0.5, 0.6) is 5.75 Å². The van der Waals surface area contributed by atoms with Crippen molar-refractivity contribution < 1.29 is 22.3 Å². The third kappa shape index (κ3) is 3.02. The molecule has 2 aromatic rings. The van der Waals surface area contributed by atoms with Gasteiger partial charge in [0.15, 0.2) is 0 Å². The average molecular weight is 321 g/mol. The molecule has 1 N–H and O–H groups in total. The van der Waals surface area contributed by atoms with Crippen molar-refractivity contribution in [2.24, 2.45) is 0 Å². The highest BCUT2D eigenvalue weighted by Crippen LogP contribution is 2.28. The summed E-state index contributed by atoms with van der Waals surface area (Å²) in [7, 11) is 1.39. The second-order valence-corrected chi connectivity index (χ2v) is 4.38. The van der Waals surface area contributed by atoms with Crippen molar-refractivity contribution >= 4 is 17.3 Å². The summed E-state index contributed by atoms with van der Waals surface area (Å²) in [6.07, 6.45) is 0. The van der Waals surface area contributed by atoms with Crippen LogP contribution >= 0.6 is 11.6 Å². The Morgan fingerprint density at radius 1 is 1.14 bits per heavy atom. The van der Waals surface area contributed by atoms with Gasteiger partial charge in [-0.1, -0.05) is 17.7 Å². The summed E-state index contributed by atoms with van der Waals surface area (Å²) in [5, 5.41) is 2.54. The Hall–Kier alpha value is -2.02. The van der Waals surface area contributed by atoms with Gasteiger partial charge in [-0.25, -0.2) is 0 Å². The molecule has 21 heavy (non-hydrogen) atoms. The van der Waals surface area contributed by atoms with Gasteiger partial charge in [0.25, 0.3) is 11.9 Å². The molecule has 0 saturated carbocycles. The molecule has 8 heteroatoms. The van der Waals surface area contributed by atoms with Crippen molar-refractivity contribution in [1.82, 2.24) is 4.98 Å². The van der Waals surface area contributed by atoms with Crippen LogP contribution in [0.3, 0.4) is 0 Å². The van der Waals surface area contributed by atoms with E-state index in [2.05, 4.69) is 10.3 Å². The number of anilines is 1. The van der Waals surface area contributed by atoms with Gasteiger partial charge in [-0.05, 0) is 12.1 Å². The van der Waals surface area contributed by atoms with Crippen molar-refractivity contribution in [1.29, 1.82) is 0 Å². The van der Waals surface area contributed by atoms with Crippen molar-refractivity contribution in [2.45, 2.75) is 6.54 Å². The summed E-state index contributed by atoms with van der Waals surface area (Å²) >= 11 is 5.95. The first-order valence-electron chi connectivity index (χ1n) is 5.71. The number of methoxy groups -OCH3 is 1. The first kappa shape index (κ1) is 15.4. The zero-order valence-electron chi connectivity index (χ0n) is 10.7. The Morgan fingerprint density at radius 2 is 1.76 bits per heavy atom. The van der Waals surface area contributed by atoms with Crippen LogP contribution in [0.1, 0.15) is 5.56 Å². The Balaban J connectivity index is 2.33. The first-order chi connectivity index (χ1) is 9.95. The number of nitrogens with one attached hydrogen (secondary N) is 1. The maximum Gasteiger partial charge on any atom is 0.253 e. The number of hydrogen-bond donors (Lipinski definition) is 1. The van der Waals surface area contributed by atoms with Gasteiger partial charge in [0.05, 0.1) is 7.11 Å². The summed E-state index contributed by atoms with van der Waals surface area (Å²) in [6, 6.07) is 4.75. The molecule has 1 aromatic heterocycles. The average Bonchev–Trinajstić information content (AvgIpc) is 2.46. The van der Waals surface area contributed by atoms with E-state index in [0.717, 1.165) is 0 Å². The number of ether oxygens (including phenoxy) is 1. The number of rotatable bonds is 4. The number of nitrogens with zero attached hydrogens (tertiary/aromatic N) is 1. The molecule has 0 aliphatic carbocycles. The zero-order valence-corrected chi connectivity index (χ0v) is 11.4. The summed E-state index contributed by atoms with van der Waals surface area (Å²) in [5.41, 5.74) is -0.569. The van der Waals surface area contributed by atoms with Gasteiger partial charge in [0.2, 0.25) is 11.6 Å². The van der Waals surface area contributed by atoms with Gasteiger partial charge in [0.1, 0.15) is 11.4 Å².